The highest BCUT2D eigenvalue weighted by Gasteiger charge is 2.52. The van der Waals surface area contributed by atoms with Crippen LogP contribution in [-0.2, 0) is 5.41 Å². The molecule has 0 atom stereocenters. The lowest BCUT2D eigenvalue weighted by molar-refractivity contribution is 0.795. The Labute approximate surface area is 392 Å². The fourth-order valence-corrected chi connectivity index (χ4v) is 11.8. The Hall–Kier alpha value is -8.20. The summed E-state index contributed by atoms with van der Waals surface area (Å²) >= 11 is 0. The molecule has 2 aliphatic carbocycles. The summed E-state index contributed by atoms with van der Waals surface area (Å²) < 4.78 is 0. The van der Waals surface area contributed by atoms with Gasteiger partial charge in [0.05, 0.1) is 5.41 Å². The summed E-state index contributed by atoms with van der Waals surface area (Å²) in [6, 6.07) is 82.4. The molecule has 0 bridgehead atoms. The minimum absolute atomic E-state index is 0.544. The van der Waals surface area contributed by atoms with Gasteiger partial charge in [-0.25, -0.2) is 0 Å². The first-order valence-electron chi connectivity index (χ1n) is 23.5. The molecule has 2 heteroatoms. The number of hydrogen-bond donors (Lipinski definition) is 0. The van der Waals surface area contributed by atoms with E-state index in [9.17, 15) is 0 Å². The lowest BCUT2D eigenvalue weighted by Crippen LogP contribution is -2.26. The van der Waals surface area contributed by atoms with Crippen LogP contribution in [0.3, 0.4) is 0 Å². The molecule has 0 amide bonds. The van der Waals surface area contributed by atoms with Gasteiger partial charge in [0.15, 0.2) is 0 Å². The normalized spacial score (nSPS) is 12.9. The Morgan fingerprint density at radius 1 is 0.239 bits per heavy atom. The van der Waals surface area contributed by atoms with Crippen LogP contribution in [-0.4, -0.2) is 0 Å². The second-order valence-corrected chi connectivity index (χ2v) is 18.8. The average molecular weight is 857 g/mol. The molecule has 11 aromatic rings. The monoisotopic (exact) mass is 856 g/mol. The minimum Gasteiger partial charge on any atom is -0.310 e. The topological polar surface area (TPSA) is 6.48 Å². The summed E-state index contributed by atoms with van der Waals surface area (Å²) in [5.74, 6) is 0. The van der Waals surface area contributed by atoms with Gasteiger partial charge in [-0.1, -0.05) is 133 Å². The molecule has 0 heterocycles. The van der Waals surface area contributed by atoms with Crippen molar-refractivity contribution in [2.45, 2.75) is 33.1 Å². The van der Waals surface area contributed by atoms with Gasteiger partial charge in [-0.15, -0.1) is 0 Å². The SMILES string of the molecule is Cc1cccc(N(c2cccc(C)c2)c2ccc3c(c2)C2(c4ccccc4-c4ccccc42)c2cc4c5ccc(N(c6cccc(C)c6)c6cccc(C)c6)cc5c5ccccc5c4cc2-3)c1. The molecule has 67 heavy (non-hydrogen) atoms. The van der Waals surface area contributed by atoms with Crippen LogP contribution in [0, 0.1) is 27.7 Å². The standard InChI is InChI=1S/C65H48N2/c1-41-15-11-19-45(33-41)66(46-20-12-16-42(2)34-46)49-29-31-53-57(37-49)51-23-5-6-24-52(51)58-39-60-56-32-30-50(67(47-21-13-17-43(3)35-47)48-22-14-18-44(4)36-48)38-63(56)65(64(60)40-59(53)58)61-27-9-7-25-54(61)55-26-8-10-28-62(55)65/h5-40H,1-4H3. The summed E-state index contributed by atoms with van der Waals surface area (Å²) in [6.07, 6.45) is 0. The molecule has 13 rings (SSSR count). The highest BCUT2D eigenvalue weighted by Crippen LogP contribution is 2.64. The van der Waals surface area contributed by atoms with Crippen LogP contribution in [0.2, 0.25) is 0 Å². The van der Waals surface area contributed by atoms with Crippen molar-refractivity contribution in [2.75, 3.05) is 9.80 Å². The molecule has 2 aliphatic rings. The average Bonchev–Trinajstić information content (AvgIpc) is 3.80. The molecule has 0 saturated carbocycles. The lowest BCUT2D eigenvalue weighted by atomic mass is 9.70. The summed E-state index contributed by atoms with van der Waals surface area (Å²) in [5.41, 5.74) is 21.8. The van der Waals surface area contributed by atoms with Crippen LogP contribution in [0.25, 0.3) is 54.6 Å². The van der Waals surface area contributed by atoms with Crippen molar-refractivity contribution in [2.24, 2.45) is 0 Å². The zero-order chi connectivity index (χ0) is 45.0. The number of hydrogen-bond acceptors (Lipinski definition) is 2. The zero-order valence-electron chi connectivity index (χ0n) is 38.2. The molecule has 0 fully saturated rings. The first-order chi connectivity index (χ1) is 32.8. The van der Waals surface area contributed by atoms with Crippen molar-refractivity contribution in [1.82, 2.24) is 0 Å². The van der Waals surface area contributed by atoms with Gasteiger partial charge in [-0.3, -0.25) is 0 Å². The molecule has 318 valence electrons. The smallest absolute Gasteiger partial charge is 0.0726 e. The van der Waals surface area contributed by atoms with Gasteiger partial charge >= 0.3 is 0 Å². The number of anilines is 6. The van der Waals surface area contributed by atoms with Crippen molar-refractivity contribution >= 4 is 66.4 Å². The van der Waals surface area contributed by atoms with Crippen molar-refractivity contribution in [3.8, 4) is 22.3 Å². The van der Waals surface area contributed by atoms with Crippen molar-refractivity contribution in [1.29, 1.82) is 0 Å². The summed E-state index contributed by atoms with van der Waals surface area (Å²) in [6.45, 7) is 8.71. The van der Waals surface area contributed by atoms with Gasteiger partial charge in [0.1, 0.15) is 0 Å². The first-order valence-corrected chi connectivity index (χ1v) is 23.5. The van der Waals surface area contributed by atoms with Gasteiger partial charge in [-0.2, -0.15) is 0 Å². The van der Waals surface area contributed by atoms with Gasteiger partial charge in [0.25, 0.3) is 0 Å². The third-order valence-electron chi connectivity index (χ3n) is 14.6. The van der Waals surface area contributed by atoms with Crippen LogP contribution in [0.4, 0.5) is 34.1 Å². The van der Waals surface area contributed by atoms with Crippen LogP contribution >= 0.6 is 0 Å². The summed E-state index contributed by atoms with van der Waals surface area (Å²) in [4.78, 5) is 4.85. The van der Waals surface area contributed by atoms with E-state index in [1.807, 2.05) is 0 Å². The molecule has 1 spiro atoms. The Kier molecular flexibility index (Phi) is 8.73. The van der Waals surface area contributed by atoms with Crippen molar-refractivity contribution in [3.05, 3.63) is 263 Å². The lowest BCUT2D eigenvalue weighted by Gasteiger charge is -2.32. The molecule has 2 nitrogen and oxygen atoms in total. The van der Waals surface area contributed by atoms with Gasteiger partial charge in [0.2, 0.25) is 0 Å². The predicted molar refractivity (Wildman–Crippen MR) is 284 cm³/mol. The Morgan fingerprint density at radius 3 is 1.12 bits per heavy atom. The minimum atomic E-state index is -0.544. The molecular weight excluding hydrogens is 809 g/mol. The second-order valence-electron chi connectivity index (χ2n) is 18.8. The van der Waals surface area contributed by atoms with Crippen LogP contribution < -0.4 is 9.80 Å². The van der Waals surface area contributed by atoms with E-state index in [1.165, 1.54) is 99.1 Å². The van der Waals surface area contributed by atoms with Gasteiger partial charge < -0.3 is 9.80 Å². The highest BCUT2D eigenvalue weighted by atomic mass is 15.1. The van der Waals surface area contributed by atoms with Crippen LogP contribution in [0.5, 0.6) is 0 Å². The number of aryl methyl sites for hydroxylation is 4. The highest BCUT2D eigenvalue weighted by molar-refractivity contribution is 6.27. The largest absolute Gasteiger partial charge is 0.310 e. The van der Waals surface area contributed by atoms with E-state index in [1.54, 1.807) is 0 Å². The molecule has 11 aromatic carbocycles. The molecular formula is C65H48N2. The molecule has 0 aromatic heterocycles. The van der Waals surface area contributed by atoms with E-state index in [0.717, 1.165) is 34.1 Å². The molecule has 0 radical (unpaired) electrons. The number of benzene rings is 11. The quantitative estimate of drug-likeness (QED) is 0.154. The Bertz CT molecular complexity index is 3700. The molecule has 0 unspecified atom stereocenters. The van der Waals surface area contributed by atoms with E-state index in [4.69, 9.17) is 0 Å². The zero-order valence-corrected chi connectivity index (χ0v) is 38.2. The number of rotatable bonds is 6. The third kappa shape index (κ3) is 5.89. The Morgan fingerprint density at radius 2 is 0.612 bits per heavy atom. The fourth-order valence-electron chi connectivity index (χ4n) is 11.8. The maximum atomic E-state index is 2.58. The Balaban J connectivity index is 1.10. The summed E-state index contributed by atoms with van der Waals surface area (Å²) in [5, 5.41) is 7.57. The van der Waals surface area contributed by atoms with Gasteiger partial charge in [0, 0.05) is 34.1 Å². The third-order valence-corrected chi connectivity index (χ3v) is 14.6. The van der Waals surface area contributed by atoms with Crippen LogP contribution in [0.15, 0.2) is 218 Å². The predicted octanol–water partition coefficient (Wildman–Crippen LogP) is 17.7. The van der Waals surface area contributed by atoms with E-state index in [2.05, 4.69) is 256 Å². The fraction of sp³-hybridized carbons (Fsp3) is 0.0769. The maximum Gasteiger partial charge on any atom is 0.0726 e. The second kappa shape index (κ2) is 14.9. The summed E-state index contributed by atoms with van der Waals surface area (Å²) in [7, 11) is 0. The number of nitrogens with zero attached hydrogens (tertiary/aromatic N) is 2. The van der Waals surface area contributed by atoms with Crippen LogP contribution in [0.1, 0.15) is 44.5 Å². The number of fused-ring (bicyclic) bond motifs is 16. The molecule has 0 aliphatic heterocycles. The van der Waals surface area contributed by atoms with E-state index >= 15 is 0 Å². The van der Waals surface area contributed by atoms with Gasteiger partial charge in [-0.05, 0) is 212 Å². The van der Waals surface area contributed by atoms with Crippen molar-refractivity contribution in [3.63, 3.8) is 0 Å². The molecule has 0 saturated heterocycles. The first kappa shape index (κ1) is 39.2. The van der Waals surface area contributed by atoms with E-state index in [-0.39, 0.29) is 0 Å². The molecule has 0 N–H and O–H groups in total. The van der Waals surface area contributed by atoms with Crippen molar-refractivity contribution < 1.29 is 0 Å². The van der Waals surface area contributed by atoms with E-state index < -0.39 is 5.41 Å². The van der Waals surface area contributed by atoms with E-state index in [0.29, 0.717) is 0 Å². The maximum absolute atomic E-state index is 2.58.